The van der Waals surface area contributed by atoms with Crippen LogP contribution in [0.2, 0.25) is 7.96 Å². The molecule has 0 heterocycles. The summed E-state index contributed by atoms with van der Waals surface area (Å²) >= 11 is -6.25. The Hall–Kier alpha value is 1.14. The molecule has 0 bridgehead atoms. The first-order valence-electron chi connectivity index (χ1n) is 9.19. The zero-order valence-electron chi connectivity index (χ0n) is 15.4. The molecule has 0 rings (SSSR count). The molecule has 0 saturated heterocycles. The van der Waals surface area contributed by atoms with Gasteiger partial charge in [-0.3, -0.25) is 0 Å². The minimum atomic E-state index is -3.69. The Bertz CT molecular complexity index is 308. The van der Waals surface area contributed by atoms with Crippen LogP contribution in [0.3, 0.4) is 0 Å². The maximum absolute atomic E-state index is 12.3. The monoisotopic (exact) mass is 564 g/mol. The van der Waals surface area contributed by atoms with Crippen molar-refractivity contribution in [2.24, 2.45) is 0 Å². The molecule has 0 saturated carbocycles. The van der Waals surface area contributed by atoms with Gasteiger partial charge in [-0.05, 0) is 0 Å². The molecule has 0 N–H and O–H groups in total. The molecule has 0 radical (unpaired) electrons. The number of hydrogen-bond acceptors (Lipinski definition) is 4. The topological polar surface area (TPSA) is 52.6 Å². The summed E-state index contributed by atoms with van der Waals surface area (Å²) in [6.07, 6.45) is 7.96. The van der Waals surface area contributed by atoms with Gasteiger partial charge in [-0.2, -0.15) is 0 Å². The zero-order chi connectivity index (χ0) is 17.6. The zero-order valence-corrected chi connectivity index (χ0v) is 21.0. The minimum absolute atomic E-state index is 0.571. The van der Waals surface area contributed by atoms with Gasteiger partial charge in [0.1, 0.15) is 0 Å². The van der Waals surface area contributed by atoms with Crippen molar-refractivity contribution in [1.82, 2.24) is 0 Å². The molecule has 2 atom stereocenters. The molecular weight excluding hydrogens is 528 g/mol. The molecule has 0 aliphatic heterocycles. The number of unbranched alkanes of at least 4 members (excludes halogenated alkanes) is 4. The quantitative estimate of drug-likeness (QED) is 0.248. The van der Waals surface area contributed by atoms with Crippen molar-refractivity contribution >= 4 is 44.2 Å². The van der Waals surface area contributed by atoms with Crippen LogP contribution >= 0.6 is 0 Å². The van der Waals surface area contributed by atoms with Crippen molar-refractivity contribution < 1.29 is 12.7 Å². The Kier molecular flexibility index (Phi) is 16.2. The van der Waals surface area contributed by atoms with E-state index in [0.29, 0.717) is 11.5 Å². The van der Waals surface area contributed by atoms with Crippen molar-refractivity contribution in [3.05, 3.63) is 0 Å². The van der Waals surface area contributed by atoms with Crippen LogP contribution in [0.4, 0.5) is 0 Å². The van der Waals surface area contributed by atoms with Crippen LogP contribution in [-0.4, -0.2) is 42.0 Å². The Morgan fingerprint density at radius 2 is 1.00 bits per heavy atom. The van der Waals surface area contributed by atoms with E-state index in [0.717, 1.165) is 59.3 Å². The van der Waals surface area contributed by atoms with Crippen molar-refractivity contribution in [3.8, 4) is 0 Å². The number of hydrogen-bond donors (Lipinski definition) is 0. The Morgan fingerprint density at radius 1 is 0.652 bits per heavy atom. The average Bonchev–Trinajstić information content (AvgIpc) is 2.54. The molecule has 0 aliphatic rings. The van der Waals surface area contributed by atoms with Gasteiger partial charge >= 0.3 is 155 Å². The summed E-state index contributed by atoms with van der Waals surface area (Å²) in [6, 6.07) is 0. The third kappa shape index (κ3) is 12.2. The third-order valence-corrected chi connectivity index (χ3v) is 26.0. The normalized spacial score (nSPS) is 14.8. The predicted molar refractivity (Wildman–Crippen MR) is 103 cm³/mol. The second kappa shape index (κ2) is 15.4. The van der Waals surface area contributed by atoms with E-state index in [-0.39, 0.29) is 0 Å². The molecular formula is C16H36O4PbS2. The van der Waals surface area contributed by atoms with Gasteiger partial charge in [0.2, 0.25) is 0 Å². The van der Waals surface area contributed by atoms with Gasteiger partial charge in [-0.15, -0.1) is 0 Å². The van der Waals surface area contributed by atoms with E-state index >= 15 is 0 Å². The number of rotatable bonds is 16. The first-order valence-corrected chi connectivity index (χ1v) is 20.3. The van der Waals surface area contributed by atoms with Crippen molar-refractivity contribution in [3.63, 3.8) is 0 Å². The first kappa shape index (κ1) is 24.1. The van der Waals surface area contributed by atoms with Gasteiger partial charge in [-0.25, -0.2) is 0 Å². The molecule has 0 aromatic carbocycles. The second-order valence-corrected chi connectivity index (χ2v) is 23.2. The van der Waals surface area contributed by atoms with Crippen molar-refractivity contribution in [2.45, 2.75) is 87.0 Å². The molecule has 23 heavy (non-hydrogen) atoms. The first-order chi connectivity index (χ1) is 11.0. The van der Waals surface area contributed by atoms with Crippen molar-refractivity contribution in [2.75, 3.05) is 11.5 Å². The van der Waals surface area contributed by atoms with E-state index in [1.165, 1.54) is 0 Å². The summed E-state index contributed by atoms with van der Waals surface area (Å²) in [5.41, 5.74) is 0. The standard InChI is InChI=1S/2C4H10O2S.2C4H9.Pb/c2*1-2-3-4-7(5)6;2*1-3-4-2;/h2*2-4H2,1H3,(H,5,6);2*1,3-4H2,2H3;/q;;;;+2/p-2. The van der Waals surface area contributed by atoms with E-state index in [1.54, 1.807) is 0 Å². The van der Waals surface area contributed by atoms with Crippen LogP contribution in [0, 0.1) is 0 Å². The van der Waals surface area contributed by atoms with E-state index < -0.39 is 44.2 Å². The van der Waals surface area contributed by atoms with Gasteiger partial charge in [-0.1, -0.05) is 0 Å². The molecule has 0 aromatic rings. The van der Waals surface area contributed by atoms with Crippen LogP contribution < -0.4 is 0 Å². The Labute approximate surface area is 154 Å². The SMILES string of the molecule is CCCCS(=O)[O][Pb]([CH2]CCC)([CH2]CCC)[O]S(=O)CCCC. The van der Waals surface area contributed by atoms with E-state index in [9.17, 15) is 8.42 Å². The van der Waals surface area contributed by atoms with E-state index in [1.807, 2.05) is 0 Å². The molecule has 7 heteroatoms. The molecule has 0 amide bonds. The summed E-state index contributed by atoms with van der Waals surface area (Å²) in [5.74, 6) is 1.14. The molecule has 4 nitrogen and oxygen atoms in total. The van der Waals surface area contributed by atoms with Crippen LogP contribution in [0.5, 0.6) is 0 Å². The van der Waals surface area contributed by atoms with Gasteiger partial charge in [0.05, 0.1) is 0 Å². The van der Waals surface area contributed by atoms with Gasteiger partial charge in [0.15, 0.2) is 0 Å². The van der Waals surface area contributed by atoms with Crippen molar-refractivity contribution in [1.29, 1.82) is 0 Å². The molecule has 2 unspecified atom stereocenters. The Balaban J connectivity index is 4.97. The summed E-state index contributed by atoms with van der Waals surface area (Å²) in [4.78, 5) is 0. The molecule has 0 fully saturated rings. The van der Waals surface area contributed by atoms with Crippen LogP contribution in [0.1, 0.15) is 79.1 Å². The predicted octanol–water partition coefficient (Wildman–Crippen LogP) is 4.99. The second-order valence-electron chi connectivity index (χ2n) is 6.01. The summed E-state index contributed by atoms with van der Waals surface area (Å²) < 4.78 is 38.5. The molecule has 140 valence electrons. The third-order valence-electron chi connectivity index (χ3n) is 3.64. The van der Waals surface area contributed by atoms with Crippen LogP contribution in [0.25, 0.3) is 0 Å². The van der Waals surface area contributed by atoms with Crippen LogP contribution in [0.15, 0.2) is 0 Å². The maximum atomic E-state index is 12.3. The van der Waals surface area contributed by atoms with Gasteiger partial charge in [0, 0.05) is 0 Å². The van der Waals surface area contributed by atoms with Gasteiger partial charge < -0.3 is 0 Å². The van der Waals surface area contributed by atoms with E-state index in [2.05, 4.69) is 27.7 Å². The fraction of sp³-hybridized carbons (Fsp3) is 1.00. The fourth-order valence-electron chi connectivity index (χ4n) is 2.14. The fourth-order valence-corrected chi connectivity index (χ4v) is 27.1. The molecule has 0 spiro atoms. The summed E-state index contributed by atoms with van der Waals surface area (Å²) in [5, 5.41) is 0. The van der Waals surface area contributed by atoms with Crippen LogP contribution in [-0.2, 0) is 26.4 Å². The molecule has 0 aliphatic carbocycles. The Morgan fingerprint density at radius 3 is 1.30 bits per heavy atom. The molecule has 0 aromatic heterocycles. The average molecular weight is 564 g/mol. The summed E-state index contributed by atoms with van der Waals surface area (Å²) in [6.45, 7) is 8.44. The van der Waals surface area contributed by atoms with E-state index in [4.69, 9.17) is 4.27 Å². The summed E-state index contributed by atoms with van der Waals surface area (Å²) in [7, 11) is 0. The van der Waals surface area contributed by atoms with Gasteiger partial charge in [0.25, 0.3) is 0 Å².